The minimum Gasteiger partial charge on any atom is -0.494 e. The van der Waals surface area contributed by atoms with Crippen LogP contribution in [-0.4, -0.2) is 51.1 Å². The minimum absolute atomic E-state index is 0.0685. The average molecular weight is 384 g/mol. The fourth-order valence-corrected chi connectivity index (χ4v) is 3.05. The highest BCUT2D eigenvalue weighted by Crippen LogP contribution is 2.18. The molecule has 1 N–H and O–H groups in total. The van der Waals surface area contributed by atoms with Crippen LogP contribution in [0.2, 0.25) is 0 Å². The number of hydrogen-bond acceptors (Lipinski definition) is 4. The van der Waals surface area contributed by atoms with Gasteiger partial charge in [0.2, 0.25) is 0 Å². The van der Waals surface area contributed by atoms with E-state index in [0.717, 1.165) is 43.1 Å². The zero-order chi connectivity index (χ0) is 20.4. The molecular formula is C23H33N3O2. The maximum Gasteiger partial charge on any atom is 0.253 e. The van der Waals surface area contributed by atoms with E-state index in [1.807, 2.05) is 67.5 Å². The standard InChI is InChI=1S/C23H33N3O2/c1-5-26(6-2)16-9-17-28-20-14-12-19(13-15-20)18-24-23(27)21-10-7-8-11-22(21)25(3)4/h7-8,10-15H,5-6,9,16-18H2,1-4H3,(H,24,27). The van der Waals surface area contributed by atoms with Gasteiger partial charge in [0.1, 0.15) is 5.75 Å². The van der Waals surface area contributed by atoms with Crippen LogP contribution >= 0.6 is 0 Å². The van der Waals surface area contributed by atoms with Gasteiger partial charge in [0.15, 0.2) is 0 Å². The lowest BCUT2D eigenvalue weighted by Crippen LogP contribution is -2.25. The second-order valence-corrected chi connectivity index (χ2v) is 6.97. The Hall–Kier alpha value is -2.53. The van der Waals surface area contributed by atoms with Crippen LogP contribution in [0.15, 0.2) is 48.5 Å². The highest BCUT2D eigenvalue weighted by atomic mass is 16.5. The van der Waals surface area contributed by atoms with Crippen molar-refractivity contribution in [2.45, 2.75) is 26.8 Å². The Labute approximate surface area is 169 Å². The van der Waals surface area contributed by atoms with Crippen LogP contribution in [0.4, 0.5) is 5.69 Å². The molecule has 152 valence electrons. The van der Waals surface area contributed by atoms with Gasteiger partial charge in [-0.3, -0.25) is 4.79 Å². The summed E-state index contributed by atoms with van der Waals surface area (Å²) in [6, 6.07) is 15.5. The third-order valence-corrected chi connectivity index (χ3v) is 4.79. The van der Waals surface area contributed by atoms with E-state index in [1.165, 1.54) is 0 Å². The van der Waals surface area contributed by atoms with Crippen molar-refractivity contribution in [1.82, 2.24) is 10.2 Å². The molecule has 0 unspecified atom stereocenters. The first kappa shape index (κ1) is 21.8. The molecule has 2 aromatic carbocycles. The molecule has 0 atom stereocenters. The number of ether oxygens (including phenoxy) is 1. The molecule has 0 bridgehead atoms. The molecule has 0 aliphatic rings. The lowest BCUT2D eigenvalue weighted by atomic mass is 10.1. The van der Waals surface area contributed by atoms with Gasteiger partial charge >= 0.3 is 0 Å². The highest BCUT2D eigenvalue weighted by molar-refractivity contribution is 5.99. The maximum atomic E-state index is 12.5. The van der Waals surface area contributed by atoms with Crippen molar-refractivity contribution in [1.29, 1.82) is 0 Å². The Morgan fingerprint density at radius 1 is 1.00 bits per heavy atom. The van der Waals surface area contributed by atoms with E-state index in [2.05, 4.69) is 24.1 Å². The smallest absolute Gasteiger partial charge is 0.253 e. The number of hydrogen-bond donors (Lipinski definition) is 1. The molecule has 0 spiro atoms. The van der Waals surface area contributed by atoms with Crippen LogP contribution in [0, 0.1) is 0 Å². The highest BCUT2D eigenvalue weighted by Gasteiger charge is 2.11. The summed E-state index contributed by atoms with van der Waals surface area (Å²) in [4.78, 5) is 16.9. The van der Waals surface area contributed by atoms with Crippen LogP contribution in [0.3, 0.4) is 0 Å². The lowest BCUT2D eigenvalue weighted by molar-refractivity contribution is 0.0951. The van der Waals surface area contributed by atoms with E-state index in [9.17, 15) is 4.79 Å². The lowest BCUT2D eigenvalue weighted by Gasteiger charge is -2.17. The summed E-state index contributed by atoms with van der Waals surface area (Å²) < 4.78 is 5.82. The Morgan fingerprint density at radius 3 is 2.32 bits per heavy atom. The first-order valence-electron chi connectivity index (χ1n) is 10.0. The van der Waals surface area contributed by atoms with Crippen LogP contribution < -0.4 is 15.0 Å². The number of rotatable bonds is 11. The van der Waals surface area contributed by atoms with Crippen LogP contribution in [0.5, 0.6) is 5.75 Å². The number of anilines is 1. The quantitative estimate of drug-likeness (QED) is 0.600. The van der Waals surface area contributed by atoms with Crippen LogP contribution in [-0.2, 0) is 6.54 Å². The number of para-hydroxylation sites is 1. The molecule has 2 aromatic rings. The van der Waals surface area contributed by atoms with E-state index < -0.39 is 0 Å². The summed E-state index contributed by atoms with van der Waals surface area (Å²) >= 11 is 0. The third kappa shape index (κ3) is 6.57. The average Bonchev–Trinajstić information content (AvgIpc) is 2.73. The molecule has 2 rings (SSSR count). The topological polar surface area (TPSA) is 44.8 Å². The second-order valence-electron chi connectivity index (χ2n) is 6.97. The monoisotopic (exact) mass is 383 g/mol. The number of nitrogens with zero attached hydrogens (tertiary/aromatic N) is 2. The van der Waals surface area contributed by atoms with Crippen molar-refractivity contribution in [3.63, 3.8) is 0 Å². The zero-order valence-electron chi connectivity index (χ0n) is 17.6. The van der Waals surface area contributed by atoms with Gasteiger partial charge in [-0.15, -0.1) is 0 Å². The van der Waals surface area contributed by atoms with Crippen molar-refractivity contribution in [3.8, 4) is 5.75 Å². The minimum atomic E-state index is -0.0685. The maximum absolute atomic E-state index is 12.5. The normalized spacial score (nSPS) is 10.8. The largest absolute Gasteiger partial charge is 0.494 e. The summed E-state index contributed by atoms with van der Waals surface area (Å²) in [5.74, 6) is 0.800. The van der Waals surface area contributed by atoms with Crippen molar-refractivity contribution in [2.75, 3.05) is 45.2 Å². The molecule has 28 heavy (non-hydrogen) atoms. The van der Waals surface area contributed by atoms with Gasteiger partial charge in [0.05, 0.1) is 12.2 Å². The van der Waals surface area contributed by atoms with E-state index >= 15 is 0 Å². The van der Waals surface area contributed by atoms with Gasteiger partial charge in [0.25, 0.3) is 5.91 Å². The van der Waals surface area contributed by atoms with E-state index in [-0.39, 0.29) is 5.91 Å². The van der Waals surface area contributed by atoms with E-state index in [0.29, 0.717) is 18.7 Å². The Bertz CT molecular complexity index is 725. The summed E-state index contributed by atoms with van der Waals surface area (Å²) in [6.07, 6.45) is 1.02. The van der Waals surface area contributed by atoms with Crippen molar-refractivity contribution >= 4 is 11.6 Å². The summed E-state index contributed by atoms with van der Waals surface area (Å²) in [5, 5.41) is 3.00. The number of nitrogens with one attached hydrogen (secondary N) is 1. The molecule has 0 fully saturated rings. The summed E-state index contributed by atoms with van der Waals surface area (Å²) in [7, 11) is 3.87. The first-order chi connectivity index (χ1) is 13.5. The number of carbonyl (C=O) groups is 1. The van der Waals surface area contributed by atoms with Crippen molar-refractivity contribution in [3.05, 3.63) is 59.7 Å². The molecule has 0 radical (unpaired) electrons. The molecule has 0 heterocycles. The van der Waals surface area contributed by atoms with Gasteiger partial charge in [-0.1, -0.05) is 38.1 Å². The van der Waals surface area contributed by atoms with Gasteiger partial charge < -0.3 is 19.9 Å². The van der Waals surface area contributed by atoms with Gasteiger partial charge in [-0.2, -0.15) is 0 Å². The number of amides is 1. The fourth-order valence-electron chi connectivity index (χ4n) is 3.05. The number of benzene rings is 2. The zero-order valence-corrected chi connectivity index (χ0v) is 17.6. The van der Waals surface area contributed by atoms with Crippen molar-refractivity contribution in [2.24, 2.45) is 0 Å². The summed E-state index contributed by atoms with van der Waals surface area (Å²) in [6.45, 7) is 8.79. The molecule has 5 heteroatoms. The van der Waals surface area contributed by atoms with E-state index in [4.69, 9.17) is 4.74 Å². The summed E-state index contributed by atoms with van der Waals surface area (Å²) in [5.41, 5.74) is 2.64. The molecule has 0 aliphatic heterocycles. The van der Waals surface area contributed by atoms with Crippen LogP contribution in [0.25, 0.3) is 0 Å². The third-order valence-electron chi connectivity index (χ3n) is 4.79. The fraction of sp³-hybridized carbons (Fsp3) is 0.435. The Balaban J connectivity index is 1.80. The molecule has 0 saturated carbocycles. The molecule has 5 nitrogen and oxygen atoms in total. The van der Waals surface area contributed by atoms with Gasteiger partial charge in [-0.25, -0.2) is 0 Å². The van der Waals surface area contributed by atoms with Gasteiger partial charge in [0, 0.05) is 32.9 Å². The SMILES string of the molecule is CCN(CC)CCCOc1ccc(CNC(=O)c2ccccc2N(C)C)cc1. The Kier molecular flexibility index (Phi) is 8.82. The van der Waals surface area contributed by atoms with Crippen molar-refractivity contribution < 1.29 is 9.53 Å². The molecular weight excluding hydrogens is 350 g/mol. The predicted octanol–water partition coefficient (Wildman–Crippen LogP) is 3.79. The molecule has 0 saturated heterocycles. The molecule has 0 aliphatic carbocycles. The number of carbonyl (C=O) groups excluding carboxylic acids is 1. The Morgan fingerprint density at radius 2 is 1.68 bits per heavy atom. The van der Waals surface area contributed by atoms with E-state index in [1.54, 1.807) is 0 Å². The first-order valence-corrected chi connectivity index (χ1v) is 10.0. The molecule has 1 amide bonds. The molecule has 0 aromatic heterocycles. The predicted molar refractivity (Wildman–Crippen MR) is 116 cm³/mol. The van der Waals surface area contributed by atoms with Crippen LogP contribution in [0.1, 0.15) is 36.2 Å². The van der Waals surface area contributed by atoms with Gasteiger partial charge in [-0.05, 0) is 49.3 Å². The second kappa shape index (κ2) is 11.3.